The van der Waals surface area contributed by atoms with Crippen LogP contribution in [-0.4, -0.2) is 58.7 Å². The fourth-order valence-corrected chi connectivity index (χ4v) is 3.04. The third kappa shape index (κ3) is 3.08. The number of aryl methyl sites for hydroxylation is 1. The van der Waals surface area contributed by atoms with Crippen LogP contribution in [0.1, 0.15) is 16.8 Å². The Balaban J connectivity index is 1.85. The van der Waals surface area contributed by atoms with E-state index in [4.69, 9.17) is 5.11 Å². The number of carbonyl (C=O) groups is 1. The Bertz CT molecular complexity index is 1190. The van der Waals surface area contributed by atoms with E-state index in [9.17, 15) is 19.4 Å². The van der Waals surface area contributed by atoms with Crippen LogP contribution in [-0.2, 0) is 6.54 Å². The second kappa shape index (κ2) is 6.98. The van der Waals surface area contributed by atoms with Crippen molar-refractivity contribution in [1.82, 2.24) is 24.7 Å². The molecule has 0 fully saturated rings. The number of fused-ring (bicyclic) bond motifs is 2. The van der Waals surface area contributed by atoms with Crippen LogP contribution in [0, 0.1) is 5.82 Å². The topological polar surface area (TPSA) is 137 Å². The summed E-state index contributed by atoms with van der Waals surface area (Å²) in [7, 11) is 0. The van der Waals surface area contributed by atoms with Crippen LogP contribution in [0.5, 0.6) is 0 Å². The lowest BCUT2D eigenvalue weighted by atomic mass is 10.1. The Morgan fingerprint density at radius 1 is 1.36 bits per heavy atom. The highest BCUT2D eigenvalue weighted by molar-refractivity contribution is 6.01. The van der Waals surface area contributed by atoms with Crippen LogP contribution in [0.15, 0.2) is 30.6 Å². The smallest absolute Gasteiger partial charge is 0.339 e. The Labute approximate surface area is 157 Å². The molecule has 10 heteroatoms. The molecule has 0 aliphatic rings. The lowest BCUT2D eigenvalue weighted by Gasteiger charge is -2.07. The average Bonchev–Trinajstić information content (AvgIpc) is 3.26. The van der Waals surface area contributed by atoms with Crippen molar-refractivity contribution in [3.63, 3.8) is 0 Å². The molecule has 3 aromatic heterocycles. The minimum atomic E-state index is -1.13. The molecule has 0 bridgehead atoms. The van der Waals surface area contributed by atoms with Gasteiger partial charge in [0.05, 0.1) is 24.4 Å². The second-order valence-corrected chi connectivity index (χ2v) is 6.32. The van der Waals surface area contributed by atoms with Gasteiger partial charge in [-0.25, -0.2) is 19.2 Å². The number of H-pyrrole nitrogens is 1. The van der Waals surface area contributed by atoms with Crippen molar-refractivity contribution >= 4 is 28.0 Å². The lowest BCUT2D eigenvalue weighted by molar-refractivity contribution is 0.0699. The number of nitrogens with one attached hydrogen (secondary N) is 1. The van der Waals surface area contributed by atoms with E-state index >= 15 is 0 Å². The van der Waals surface area contributed by atoms with Gasteiger partial charge in [0.25, 0.3) is 0 Å². The van der Waals surface area contributed by atoms with Crippen LogP contribution in [0.3, 0.4) is 0 Å². The Morgan fingerprint density at radius 3 is 2.93 bits per heavy atom. The first-order valence-electron chi connectivity index (χ1n) is 8.50. The van der Waals surface area contributed by atoms with E-state index in [2.05, 4.69) is 20.1 Å². The summed E-state index contributed by atoms with van der Waals surface area (Å²) >= 11 is 0. The second-order valence-electron chi connectivity index (χ2n) is 6.32. The number of aliphatic hydroxyl groups is 2. The van der Waals surface area contributed by atoms with Gasteiger partial charge in [-0.1, -0.05) is 0 Å². The summed E-state index contributed by atoms with van der Waals surface area (Å²) in [6.45, 7) is -0.129. The van der Waals surface area contributed by atoms with E-state index in [1.165, 1.54) is 29.2 Å². The zero-order chi connectivity index (χ0) is 19.8. The van der Waals surface area contributed by atoms with E-state index in [1.54, 1.807) is 6.07 Å². The Morgan fingerprint density at radius 2 is 2.18 bits per heavy atom. The van der Waals surface area contributed by atoms with Crippen LogP contribution >= 0.6 is 0 Å². The molecule has 144 valence electrons. The molecule has 0 saturated carbocycles. The maximum Gasteiger partial charge on any atom is 0.339 e. The summed E-state index contributed by atoms with van der Waals surface area (Å²) in [5, 5.41) is 33.0. The standard InChI is InChI=1S/C18H16FN5O4/c19-9-1-2-11-14(5-9)24(4-3-10(26)8-25)23-15(11)13-7-21-17-16(22-13)12(6-20-17)18(27)28/h1-2,5-7,10,25-26H,3-4,8H2,(H,20,21)(H,27,28). The highest BCUT2D eigenvalue weighted by atomic mass is 19.1. The first-order chi connectivity index (χ1) is 13.5. The number of nitrogens with zero attached hydrogens (tertiary/aromatic N) is 4. The number of hydrogen-bond acceptors (Lipinski definition) is 6. The first kappa shape index (κ1) is 18.0. The maximum atomic E-state index is 13.8. The minimum Gasteiger partial charge on any atom is -0.478 e. The lowest BCUT2D eigenvalue weighted by Crippen LogP contribution is -2.15. The summed E-state index contributed by atoms with van der Waals surface area (Å²) in [5.41, 5.74) is 1.78. The van der Waals surface area contributed by atoms with Crippen LogP contribution in [0.25, 0.3) is 33.5 Å². The monoisotopic (exact) mass is 385 g/mol. The largest absolute Gasteiger partial charge is 0.478 e. The van der Waals surface area contributed by atoms with Crippen molar-refractivity contribution in [3.8, 4) is 11.4 Å². The van der Waals surface area contributed by atoms with Crippen LogP contribution in [0.4, 0.5) is 4.39 Å². The summed E-state index contributed by atoms with van der Waals surface area (Å²) < 4.78 is 15.3. The third-order valence-corrected chi connectivity index (χ3v) is 4.45. The first-order valence-corrected chi connectivity index (χ1v) is 8.50. The molecule has 0 saturated heterocycles. The van der Waals surface area contributed by atoms with Gasteiger partial charge in [0.1, 0.15) is 28.3 Å². The molecule has 1 unspecified atom stereocenters. The maximum absolute atomic E-state index is 13.8. The van der Waals surface area contributed by atoms with E-state index in [0.29, 0.717) is 27.9 Å². The molecule has 0 spiro atoms. The Hall–Kier alpha value is -3.37. The molecule has 4 N–H and O–H groups in total. The number of carboxylic acid groups (broad SMARTS) is 1. The SMILES string of the molecule is O=C(O)c1c[nH]c2ncc(-c3nn(CCC(O)CO)c4cc(F)ccc34)nc12. The predicted octanol–water partition coefficient (Wildman–Crippen LogP) is 1.56. The summed E-state index contributed by atoms with van der Waals surface area (Å²) in [4.78, 5) is 22.7. The molecule has 0 aliphatic heterocycles. The van der Waals surface area contributed by atoms with Gasteiger partial charge in [-0.3, -0.25) is 4.68 Å². The number of aromatic nitrogens is 5. The van der Waals surface area contributed by atoms with Gasteiger partial charge >= 0.3 is 5.97 Å². The van der Waals surface area contributed by atoms with E-state index in [1.807, 2.05) is 0 Å². The highest BCUT2D eigenvalue weighted by Gasteiger charge is 2.18. The molecule has 0 radical (unpaired) electrons. The molecular weight excluding hydrogens is 369 g/mol. The van der Waals surface area contributed by atoms with Crippen molar-refractivity contribution in [3.05, 3.63) is 42.0 Å². The normalized spacial score (nSPS) is 12.7. The summed E-state index contributed by atoms with van der Waals surface area (Å²) in [6.07, 6.45) is 2.10. The van der Waals surface area contributed by atoms with E-state index in [-0.39, 0.29) is 30.7 Å². The number of halogens is 1. The van der Waals surface area contributed by atoms with Crippen molar-refractivity contribution in [1.29, 1.82) is 0 Å². The quantitative estimate of drug-likeness (QED) is 0.395. The number of aromatic amines is 1. The fraction of sp³-hybridized carbons (Fsp3) is 0.222. The van der Waals surface area contributed by atoms with E-state index < -0.39 is 17.9 Å². The van der Waals surface area contributed by atoms with Crippen molar-refractivity contribution in [2.75, 3.05) is 6.61 Å². The zero-order valence-corrected chi connectivity index (χ0v) is 14.5. The number of hydrogen-bond donors (Lipinski definition) is 4. The van der Waals surface area contributed by atoms with Gasteiger partial charge in [0, 0.05) is 18.1 Å². The molecular formula is C18H16FN5O4. The third-order valence-electron chi connectivity index (χ3n) is 4.45. The fourth-order valence-electron chi connectivity index (χ4n) is 3.04. The van der Waals surface area contributed by atoms with Crippen molar-refractivity contribution in [2.45, 2.75) is 19.1 Å². The van der Waals surface area contributed by atoms with E-state index in [0.717, 1.165) is 0 Å². The number of aromatic carboxylic acids is 1. The molecule has 1 atom stereocenters. The van der Waals surface area contributed by atoms with Gasteiger partial charge in [-0.15, -0.1) is 0 Å². The van der Waals surface area contributed by atoms with Gasteiger partial charge in [0.2, 0.25) is 0 Å². The minimum absolute atomic E-state index is 0.00907. The molecule has 4 rings (SSSR count). The van der Waals surface area contributed by atoms with Gasteiger partial charge < -0.3 is 20.3 Å². The van der Waals surface area contributed by atoms with Crippen LogP contribution < -0.4 is 0 Å². The van der Waals surface area contributed by atoms with Crippen molar-refractivity contribution < 1.29 is 24.5 Å². The summed E-state index contributed by atoms with van der Waals surface area (Å²) in [5.74, 6) is -1.57. The molecule has 28 heavy (non-hydrogen) atoms. The molecule has 1 aromatic carbocycles. The molecule has 9 nitrogen and oxygen atoms in total. The Kier molecular flexibility index (Phi) is 4.49. The van der Waals surface area contributed by atoms with Gasteiger partial charge in [-0.2, -0.15) is 5.10 Å². The highest BCUT2D eigenvalue weighted by Crippen LogP contribution is 2.29. The van der Waals surface area contributed by atoms with Gasteiger partial charge in [0.15, 0.2) is 5.65 Å². The molecule has 0 amide bonds. The van der Waals surface area contributed by atoms with Crippen LogP contribution in [0.2, 0.25) is 0 Å². The molecule has 4 aromatic rings. The summed E-state index contributed by atoms with van der Waals surface area (Å²) in [6, 6.07) is 4.18. The zero-order valence-electron chi connectivity index (χ0n) is 14.5. The van der Waals surface area contributed by atoms with Crippen molar-refractivity contribution in [2.24, 2.45) is 0 Å². The molecule has 3 heterocycles. The number of rotatable bonds is 6. The predicted molar refractivity (Wildman–Crippen MR) is 97.2 cm³/mol. The number of aliphatic hydroxyl groups excluding tert-OH is 2. The van der Waals surface area contributed by atoms with Gasteiger partial charge in [-0.05, 0) is 24.6 Å². The molecule has 0 aliphatic carbocycles. The average molecular weight is 385 g/mol. The number of carboxylic acids is 1. The number of benzene rings is 1.